The van der Waals surface area contributed by atoms with Gasteiger partial charge in [0, 0.05) is 18.2 Å². The minimum Gasteiger partial charge on any atom is -0.381 e. The van der Waals surface area contributed by atoms with Crippen molar-refractivity contribution in [1.82, 2.24) is 5.32 Å². The maximum Gasteiger partial charge on any atom is 0.0601 e. The van der Waals surface area contributed by atoms with E-state index in [1.165, 1.54) is 11.1 Å². The molecule has 1 aromatic rings. The van der Waals surface area contributed by atoms with Crippen molar-refractivity contribution in [2.45, 2.75) is 31.9 Å². The molecule has 1 N–H and O–H groups in total. The van der Waals surface area contributed by atoms with Crippen molar-refractivity contribution in [3.05, 3.63) is 34.3 Å². The summed E-state index contributed by atoms with van der Waals surface area (Å²) >= 11 is 6.27. The van der Waals surface area contributed by atoms with E-state index in [9.17, 15) is 0 Å². The predicted molar refractivity (Wildman–Crippen MR) is 67.0 cm³/mol. The molecule has 0 aromatic heterocycles. The van der Waals surface area contributed by atoms with Gasteiger partial charge in [0.15, 0.2) is 0 Å². The summed E-state index contributed by atoms with van der Waals surface area (Å²) in [6.45, 7) is 3.05. The van der Waals surface area contributed by atoms with Gasteiger partial charge in [-0.3, -0.25) is 0 Å². The molecule has 3 heteroatoms. The van der Waals surface area contributed by atoms with E-state index in [1.807, 2.05) is 6.07 Å². The Balaban J connectivity index is 2.16. The Morgan fingerprint density at radius 3 is 2.94 bits per heavy atom. The molecular formula is C13H18ClNO. The topological polar surface area (TPSA) is 21.3 Å². The molecule has 1 aliphatic rings. The van der Waals surface area contributed by atoms with Gasteiger partial charge >= 0.3 is 0 Å². The molecule has 88 valence electrons. The first-order chi connectivity index (χ1) is 7.70. The van der Waals surface area contributed by atoms with Crippen molar-refractivity contribution < 1.29 is 4.74 Å². The van der Waals surface area contributed by atoms with Gasteiger partial charge in [-0.25, -0.2) is 0 Å². The molecule has 1 heterocycles. The second-order valence-electron chi connectivity index (χ2n) is 4.41. The number of ether oxygens (including phenoxy) is 1. The van der Waals surface area contributed by atoms with E-state index in [4.69, 9.17) is 16.3 Å². The fraction of sp³-hybridized carbons (Fsp3) is 0.538. The number of hydrogen-bond donors (Lipinski definition) is 1. The standard InChI is InChI=1S/C13H18ClNO/c1-9-3-4-11(12(14)7-9)13-8-10(16-2)5-6-15-13/h3-4,7,10,13,15H,5-6,8H2,1-2H3. The van der Waals surface area contributed by atoms with Gasteiger partial charge in [0.2, 0.25) is 0 Å². The molecule has 0 bridgehead atoms. The summed E-state index contributed by atoms with van der Waals surface area (Å²) < 4.78 is 5.42. The number of aryl methyl sites for hydroxylation is 1. The highest BCUT2D eigenvalue weighted by atomic mass is 35.5. The van der Waals surface area contributed by atoms with Crippen LogP contribution >= 0.6 is 11.6 Å². The summed E-state index contributed by atoms with van der Waals surface area (Å²) in [6, 6.07) is 6.58. The van der Waals surface area contributed by atoms with Crippen LogP contribution < -0.4 is 5.32 Å². The summed E-state index contributed by atoms with van der Waals surface area (Å²) in [4.78, 5) is 0. The van der Waals surface area contributed by atoms with Crippen LogP contribution in [-0.4, -0.2) is 19.8 Å². The van der Waals surface area contributed by atoms with E-state index in [2.05, 4.69) is 24.4 Å². The normalized spacial score (nSPS) is 25.7. The minimum atomic E-state index is 0.326. The second kappa shape index (κ2) is 5.17. The first kappa shape index (κ1) is 11.9. The Labute approximate surface area is 102 Å². The number of methoxy groups -OCH3 is 1. The average Bonchev–Trinajstić information content (AvgIpc) is 2.29. The molecule has 0 radical (unpaired) electrons. The van der Waals surface area contributed by atoms with E-state index in [1.54, 1.807) is 7.11 Å². The van der Waals surface area contributed by atoms with E-state index in [0.29, 0.717) is 12.1 Å². The maximum atomic E-state index is 6.27. The Kier molecular flexibility index (Phi) is 3.85. The van der Waals surface area contributed by atoms with Crippen LogP contribution in [0.5, 0.6) is 0 Å². The van der Waals surface area contributed by atoms with Gasteiger partial charge in [0.1, 0.15) is 0 Å². The molecular weight excluding hydrogens is 222 g/mol. The van der Waals surface area contributed by atoms with Gasteiger partial charge in [0.05, 0.1) is 6.10 Å². The van der Waals surface area contributed by atoms with Crippen LogP contribution in [0.25, 0.3) is 0 Å². The number of benzene rings is 1. The summed E-state index contributed by atoms with van der Waals surface area (Å²) in [5.41, 5.74) is 2.39. The lowest BCUT2D eigenvalue weighted by Crippen LogP contribution is -2.35. The summed E-state index contributed by atoms with van der Waals surface area (Å²) in [7, 11) is 1.78. The van der Waals surface area contributed by atoms with Crippen LogP contribution in [0.4, 0.5) is 0 Å². The molecule has 1 aromatic carbocycles. The summed E-state index contributed by atoms with van der Waals surface area (Å²) in [5.74, 6) is 0. The van der Waals surface area contributed by atoms with Gasteiger partial charge in [-0.2, -0.15) is 0 Å². The third-order valence-corrected chi connectivity index (χ3v) is 3.55. The van der Waals surface area contributed by atoms with Gasteiger partial charge < -0.3 is 10.1 Å². The Morgan fingerprint density at radius 1 is 1.44 bits per heavy atom. The number of nitrogens with one attached hydrogen (secondary N) is 1. The van der Waals surface area contributed by atoms with Crippen molar-refractivity contribution >= 4 is 11.6 Å². The molecule has 0 aliphatic carbocycles. The zero-order valence-corrected chi connectivity index (χ0v) is 10.6. The van der Waals surface area contributed by atoms with Crippen molar-refractivity contribution in [3.8, 4) is 0 Å². The molecule has 0 saturated carbocycles. The van der Waals surface area contributed by atoms with Crippen LogP contribution in [0.1, 0.15) is 30.0 Å². The van der Waals surface area contributed by atoms with Crippen molar-refractivity contribution in [3.63, 3.8) is 0 Å². The number of hydrogen-bond acceptors (Lipinski definition) is 2. The maximum absolute atomic E-state index is 6.27. The van der Waals surface area contributed by atoms with E-state index >= 15 is 0 Å². The number of halogens is 1. The fourth-order valence-electron chi connectivity index (χ4n) is 2.25. The lowest BCUT2D eigenvalue weighted by Gasteiger charge is -2.30. The smallest absolute Gasteiger partial charge is 0.0601 e. The van der Waals surface area contributed by atoms with Gasteiger partial charge in [-0.15, -0.1) is 0 Å². The minimum absolute atomic E-state index is 0.326. The van der Waals surface area contributed by atoms with E-state index < -0.39 is 0 Å². The van der Waals surface area contributed by atoms with Gasteiger partial charge in [0.25, 0.3) is 0 Å². The zero-order valence-electron chi connectivity index (χ0n) is 9.79. The Bertz CT molecular complexity index is 367. The van der Waals surface area contributed by atoms with Crippen molar-refractivity contribution in [2.75, 3.05) is 13.7 Å². The van der Waals surface area contributed by atoms with Crippen LogP contribution in [0.2, 0.25) is 5.02 Å². The van der Waals surface area contributed by atoms with E-state index in [0.717, 1.165) is 24.4 Å². The Morgan fingerprint density at radius 2 is 2.25 bits per heavy atom. The van der Waals surface area contributed by atoms with Crippen molar-refractivity contribution in [1.29, 1.82) is 0 Å². The fourth-order valence-corrected chi connectivity index (χ4v) is 2.62. The number of piperidine rings is 1. The first-order valence-electron chi connectivity index (χ1n) is 5.73. The SMILES string of the molecule is COC1CCNC(c2ccc(C)cc2Cl)C1. The highest BCUT2D eigenvalue weighted by Gasteiger charge is 2.23. The monoisotopic (exact) mass is 239 g/mol. The zero-order chi connectivity index (χ0) is 11.5. The Hall–Kier alpha value is -0.570. The molecule has 1 aliphatic heterocycles. The quantitative estimate of drug-likeness (QED) is 0.857. The first-order valence-corrected chi connectivity index (χ1v) is 6.10. The van der Waals surface area contributed by atoms with E-state index in [-0.39, 0.29) is 0 Å². The summed E-state index contributed by atoms with van der Waals surface area (Å²) in [5, 5.41) is 4.35. The molecule has 16 heavy (non-hydrogen) atoms. The van der Waals surface area contributed by atoms with Crippen molar-refractivity contribution in [2.24, 2.45) is 0 Å². The molecule has 1 saturated heterocycles. The second-order valence-corrected chi connectivity index (χ2v) is 4.82. The molecule has 2 atom stereocenters. The molecule has 1 fully saturated rings. The van der Waals surface area contributed by atoms with Crippen LogP contribution in [0, 0.1) is 6.92 Å². The van der Waals surface area contributed by atoms with Crippen LogP contribution in [-0.2, 0) is 4.74 Å². The van der Waals surface area contributed by atoms with Crippen LogP contribution in [0.3, 0.4) is 0 Å². The molecule has 2 rings (SSSR count). The lowest BCUT2D eigenvalue weighted by molar-refractivity contribution is 0.0619. The number of rotatable bonds is 2. The largest absolute Gasteiger partial charge is 0.381 e. The third-order valence-electron chi connectivity index (χ3n) is 3.22. The third kappa shape index (κ3) is 2.57. The highest BCUT2D eigenvalue weighted by molar-refractivity contribution is 6.31. The van der Waals surface area contributed by atoms with Gasteiger partial charge in [-0.1, -0.05) is 23.7 Å². The average molecular weight is 240 g/mol. The predicted octanol–water partition coefficient (Wildman–Crippen LogP) is 3.09. The lowest BCUT2D eigenvalue weighted by atomic mass is 9.95. The molecule has 2 unspecified atom stereocenters. The summed E-state index contributed by atoms with van der Waals surface area (Å²) in [6.07, 6.45) is 2.43. The molecule has 0 amide bonds. The van der Waals surface area contributed by atoms with Gasteiger partial charge in [-0.05, 0) is 43.5 Å². The van der Waals surface area contributed by atoms with Crippen LogP contribution in [0.15, 0.2) is 18.2 Å². The highest BCUT2D eigenvalue weighted by Crippen LogP contribution is 2.30. The molecule has 0 spiro atoms. The molecule has 2 nitrogen and oxygen atoms in total.